The first-order chi connectivity index (χ1) is 16.9. The number of hydrogen-bond donors (Lipinski definition) is 1. The van der Waals surface area contributed by atoms with E-state index in [0.717, 1.165) is 0 Å². The SMILES string of the molecule is CCOC(=O)c1cn(C)c2nc3cc(N4CCNC(c5ccccc5F)C4)c(F)cc3cc2c1=O. The maximum Gasteiger partial charge on any atom is 0.343 e. The minimum atomic E-state index is -0.709. The van der Waals surface area contributed by atoms with Crippen LogP contribution in [0.4, 0.5) is 14.5 Å². The molecule has 1 N–H and O–H groups in total. The maximum absolute atomic E-state index is 15.3. The number of esters is 1. The van der Waals surface area contributed by atoms with E-state index in [-0.39, 0.29) is 29.4 Å². The number of benzene rings is 2. The number of aromatic nitrogens is 2. The molecular weight excluding hydrogens is 454 g/mol. The number of anilines is 1. The molecule has 9 heteroatoms. The van der Waals surface area contributed by atoms with Gasteiger partial charge in [0.15, 0.2) is 0 Å². The Labute approximate surface area is 199 Å². The molecule has 2 aromatic carbocycles. The minimum absolute atomic E-state index is 0.0971. The lowest BCUT2D eigenvalue weighted by Crippen LogP contribution is -2.46. The number of piperazine rings is 1. The van der Waals surface area contributed by atoms with Crippen LogP contribution in [0.5, 0.6) is 0 Å². The van der Waals surface area contributed by atoms with Gasteiger partial charge in [0.1, 0.15) is 22.8 Å². The lowest BCUT2D eigenvalue weighted by atomic mass is 10.0. The number of fused-ring (bicyclic) bond motifs is 2. The molecule has 1 aliphatic heterocycles. The van der Waals surface area contributed by atoms with E-state index in [0.29, 0.717) is 47.4 Å². The summed E-state index contributed by atoms with van der Waals surface area (Å²) in [6.07, 6.45) is 1.40. The van der Waals surface area contributed by atoms with E-state index in [9.17, 15) is 14.0 Å². The smallest absolute Gasteiger partial charge is 0.343 e. The number of nitrogens with zero attached hydrogens (tertiary/aromatic N) is 3. The Morgan fingerprint density at radius 1 is 1.20 bits per heavy atom. The first-order valence-corrected chi connectivity index (χ1v) is 11.4. The predicted molar refractivity (Wildman–Crippen MR) is 130 cm³/mol. The summed E-state index contributed by atoms with van der Waals surface area (Å²) in [7, 11) is 1.68. The van der Waals surface area contributed by atoms with E-state index in [4.69, 9.17) is 4.74 Å². The summed E-state index contributed by atoms with van der Waals surface area (Å²) in [4.78, 5) is 31.6. The van der Waals surface area contributed by atoms with Crippen molar-refractivity contribution in [3.8, 4) is 0 Å². The van der Waals surface area contributed by atoms with Gasteiger partial charge < -0.3 is 19.5 Å². The zero-order valence-corrected chi connectivity index (χ0v) is 19.3. The Hall–Kier alpha value is -3.85. The van der Waals surface area contributed by atoms with Crippen molar-refractivity contribution >= 4 is 33.6 Å². The van der Waals surface area contributed by atoms with Gasteiger partial charge in [0.25, 0.3) is 0 Å². The number of carbonyl (C=O) groups is 1. The molecule has 1 atom stereocenters. The van der Waals surface area contributed by atoms with Crippen LogP contribution < -0.4 is 15.6 Å². The molecule has 0 aliphatic carbocycles. The van der Waals surface area contributed by atoms with Gasteiger partial charge in [-0.15, -0.1) is 0 Å². The summed E-state index contributed by atoms with van der Waals surface area (Å²) in [5.74, 6) is -1.48. The second-order valence-corrected chi connectivity index (χ2v) is 8.53. The van der Waals surface area contributed by atoms with Gasteiger partial charge in [-0.3, -0.25) is 4.79 Å². The summed E-state index contributed by atoms with van der Waals surface area (Å²) in [6.45, 7) is 3.30. The molecule has 35 heavy (non-hydrogen) atoms. The molecule has 1 saturated heterocycles. The van der Waals surface area contributed by atoms with Crippen molar-refractivity contribution in [2.45, 2.75) is 13.0 Å². The van der Waals surface area contributed by atoms with Crippen LogP contribution in [0.2, 0.25) is 0 Å². The summed E-state index contributed by atoms with van der Waals surface area (Å²) in [6, 6.07) is 10.8. The number of hydrogen-bond acceptors (Lipinski definition) is 6. The number of rotatable bonds is 4. The third-order valence-electron chi connectivity index (χ3n) is 6.30. The molecular formula is C26H24F2N4O3. The van der Waals surface area contributed by atoms with Crippen molar-refractivity contribution in [2.24, 2.45) is 7.05 Å². The molecule has 0 amide bonds. The van der Waals surface area contributed by atoms with Crippen LogP contribution in [0.1, 0.15) is 28.9 Å². The van der Waals surface area contributed by atoms with Crippen molar-refractivity contribution in [2.75, 3.05) is 31.1 Å². The fourth-order valence-electron chi connectivity index (χ4n) is 4.60. The van der Waals surface area contributed by atoms with Crippen LogP contribution in [0.15, 0.2) is 53.5 Å². The van der Waals surface area contributed by atoms with Crippen LogP contribution in [0, 0.1) is 11.6 Å². The number of halogens is 2. The monoisotopic (exact) mass is 478 g/mol. The highest BCUT2D eigenvalue weighted by Crippen LogP contribution is 2.30. The molecule has 5 rings (SSSR count). The number of nitrogens with one attached hydrogen (secondary N) is 1. The number of carbonyl (C=O) groups excluding carboxylic acids is 1. The van der Waals surface area contributed by atoms with Crippen molar-refractivity contribution in [1.82, 2.24) is 14.9 Å². The summed E-state index contributed by atoms with van der Waals surface area (Å²) >= 11 is 0. The van der Waals surface area contributed by atoms with Gasteiger partial charge in [0.2, 0.25) is 5.43 Å². The molecule has 0 radical (unpaired) electrons. The molecule has 1 aliphatic rings. The summed E-state index contributed by atoms with van der Waals surface area (Å²) in [5.41, 5.74) is 1.17. The topological polar surface area (TPSA) is 76.5 Å². The molecule has 1 fully saturated rings. The van der Waals surface area contributed by atoms with E-state index in [1.54, 1.807) is 48.9 Å². The van der Waals surface area contributed by atoms with Crippen molar-refractivity contribution in [3.63, 3.8) is 0 Å². The quantitative estimate of drug-likeness (QED) is 0.356. The Bertz CT molecular complexity index is 1520. The Morgan fingerprint density at radius 3 is 2.77 bits per heavy atom. The van der Waals surface area contributed by atoms with E-state index < -0.39 is 17.2 Å². The number of ether oxygens (including phenoxy) is 1. The molecule has 0 spiro atoms. The zero-order valence-electron chi connectivity index (χ0n) is 19.3. The van der Waals surface area contributed by atoms with Gasteiger partial charge in [-0.2, -0.15) is 0 Å². The third-order valence-corrected chi connectivity index (χ3v) is 6.30. The molecule has 1 unspecified atom stereocenters. The molecule has 180 valence electrons. The number of aryl methyl sites for hydroxylation is 1. The van der Waals surface area contributed by atoms with E-state index in [1.807, 2.05) is 4.90 Å². The molecule has 4 aromatic rings. The normalized spacial score (nSPS) is 16.1. The zero-order chi connectivity index (χ0) is 24.7. The van der Waals surface area contributed by atoms with Gasteiger partial charge in [-0.1, -0.05) is 18.2 Å². The van der Waals surface area contributed by atoms with Crippen molar-refractivity contribution in [3.05, 3.63) is 81.6 Å². The Kier molecular flexibility index (Phi) is 5.94. The summed E-state index contributed by atoms with van der Waals surface area (Å²) in [5, 5.41) is 3.95. The number of pyridine rings is 2. The van der Waals surface area contributed by atoms with E-state index in [2.05, 4.69) is 10.3 Å². The Morgan fingerprint density at radius 2 is 2.00 bits per heavy atom. The highest BCUT2D eigenvalue weighted by Gasteiger charge is 2.25. The standard InChI is InChI=1S/C26H24F2N4O3/c1-3-35-26(34)18-13-31(2)25-17(24(18)33)10-15-11-20(28)23(12-21(15)30-25)32-9-8-29-22(14-32)16-6-4-5-7-19(16)27/h4-7,10-13,22,29H,3,8-9,14H2,1-2H3. The fourth-order valence-corrected chi connectivity index (χ4v) is 4.60. The van der Waals surface area contributed by atoms with Gasteiger partial charge in [-0.05, 0) is 31.2 Å². The van der Waals surface area contributed by atoms with Crippen molar-refractivity contribution in [1.29, 1.82) is 0 Å². The van der Waals surface area contributed by atoms with Crippen LogP contribution in [-0.4, -0.2) is 41.8 Å². The van der Waals surface area contributed by atoms with Crippen LogP contribution in [0.25, 0.3) is 21.9 Å². The minimum Gasteiger partial charge on any atom is -0.462 e. The average molecular weight is 478 g/mol. The van der Waals surface area contributed by atoms with Gasteiger partial charge >= 0.3 is 5.97 Å². The first-order valence-electron chi connectivity index (χ1n) is 11.4. The lowest BCUT2D eigenvalue weighted by molar-refractivity contribution is 0.0524. The lowest BCUT2D eigenvalue weighted by Gasteiger charge is -2.35. The van der Waals surface area contributed by atoms with Gasteiger partial charge in [0, 0.05) is 43.8 Å². The average Bonchev–Trinajstić information content (AvgIpc) is 2.85. The van der Waals surface area contributed by atoms with Crippen molar-refractivity contribution < 1.29 is 18.3 Å². The predicted octanol–water partition coefficient (Wildman–Crippen LogP) is 3.69. The maximum atomic E-state index is 15.3. The van der Waals surface area contributed by atoms with Crippen LogP contribution in [-0.2, 0) is 11.8 Å². The molecule has 0 bridgehead atoms. The summed E-state index contributed by atoms with van der Waals surface area (Å²) < 4.78 is 36.2. The fraction of sp³-hybridized carbons (Fsp3) is 0.269. The molecule has 0 saturated carbocycles. The second-order valence-electron chi connectivity index (χ2n) is 8.53. The Balaban J connectivity index is 1.56. The highest BCUT2D eigenvalue weighted by molar-refractivity contribution is 5.97. The van der Waals surface area contributed by atoms with E-state index >= 15 is 4.39 Å². The third kappa shape index (κ3) is 4.12. The first kappa shape index (κ1) is 22.9. The van der Waals surface area contributed by atoms with Crippen LogP contribution >= 0.6 is 0 Å². The largest absolute Gasteiger partial charge is 0.462 e. The van der Waals surface area contributed by atoms with Gasteiger partial charge in [-0.25, -0.2) is 18.6 Å². The van der Waals surface area contributed by atoms with E-state index in [1.165, 1.54) is 18.3 Å². The molecule has 3 heterocycles. The molecule has 7 nitrogen and oxygen atoms in total. The highest BCUT2D eigenvalue weighted by atomic mass is 19.1. The van der Waals surface area contributed by atoms with Crippen LogP contribution in [0.3, 0.4) is 0 Å². The molecule has 2 aromatic heterocycles. The second kappa shape index (κ2) is 9.07. The van der Waals surface area contributed by atoms with Gasteiger partial charge in [0.05, 0.1) is 29.2 Å².